The van der Waals surface area contributed by atoms with E-state index in [0.29, 0.717) is 0 Å². The van der Waals surface area contributed by atoms with E-state index < -0.39 is 0 Å². The highest BCUT2D eigenvalue weighted by Gasteiger charge is 2.19. The van der Waals surface area contributed by atoms with Crippen LogP contribution in [0.15, 0.2) is 231 Å². The van der Waals surface area contributed by atoms with Gasteiger partial charge in [0.2, 0.25) is 0 Å². The van der Waals surface area contributed by atoms with Crippen molar-refractivity contribution in [1.82, 2.24) is 0 Å². The van der Waals surface area contributed by atoms with Crippen LogP contribution in [0.5, 0.6) is 0 Å². The molecule has 0 bridgehead atoms. The topological polar surface area (TPSA) is 6.48 Å². The minimum atomic E-state index is 1.12. The summed E-state index contributed by atoms with van der Waals surface area (Å²) < 4.78 is 0. The van der Waals surface area contributed by atoms with Gasteiger partial charge < -0.3 is 9.80 Å². The molecule has 0 N–H and O–H groups in total. The molecule has 60 heavy (non-hydrogen) atoms. The summed E-state index contributed by atoms with van der Waals surface area (Å²) in [6.45, 7) is 0. The van der Waals surface area contributed by atoms with Crippen LogP contribution in [0.1, 0.15) is 0 Å². The van der Waals surface area contributed by atoms with Crippen LogP contribution < -0.4 is 9.80 Å². The quantitative estimate of drug-likeness (QED) is 0.156. The van der Waals surface area contributed by atoms with Crippen LogP contribution >= 0.6 is 0 Å². The lowest BCUT2D eigenvalue weighted by atomic mass is 9.93. The second-order valence-corrected chi connectivity index (χ2v) is 15.8. The summed E-state index contributed by atoms with van der Waals surface area (Å²) in [5, 5.41) is 17.2. The number of benzene rings is 12. The molecule has 0 saturated carbocycles. The summed E-state index contributed by atoms with van der Waals surface area (Å²) in [5.41, 5.74) is 6.74. The third-order valence-corrected chi connectivity index (χ3v) is 12.3. The van der Waals surface area contributed by atoms with Crippen molar-refractivity contribution in [3.63, 3.8) is 0 Å². The zero-order valence-corrected chi connectivity index (χ0v) is 32.8. The molecule has 0 aromatic heterocycles. The Hall–Kier alpha value is -7.94. The van der Waals surface area contributed by atoms with Crippen molar-refractivity contribution in [2.75, 3.05) is 9.80 Å². The highest BCUT2D eigenvalue weighted by Crippen LogP contribution is 2.45. The van der Waals surface area contributed by atoms with E-state index in [-0.39, 0.29) is 0 Å². The molecule has 2 nitrogen and oxygen atoms in total. The lowest BCUT2D eigenvalue weighted by molar-refractivity contribution is 1.30. The minimum Gasteiger partial charge on any atom is -0.310 e. The fraction of sp³-hybridized carbons (Fsp3) is 0. The maximum Gasteiger partial charge on any atom is 0.0468 e. The SMILES string of the molecule is c1ccc2cc(N(c3ccc4ccccc4c3)c3ccc4c5ccc(N(c6ccc7ccccc7c6)c6ccc7ccccc7c6)cc5c5ccccc5c4c3)ccc2c1. The summed E-state index contributed by atoms with van der Waals surface area (Å²) in [5.74, 6) is 0. The summed E-state index contributed by atoms with van der Waals surface area (Å²) in [4.78, 5) is 4.82. The van der Waals surface area contributed by atoms with Crippen molar-refractivity contribution < 1.29 is 0 Å². The van der Waals surface area contributed by atoms with Crippen molar-refractivity contribution in [3.05, 3.63) is 231 Å². The first-order valence-corrected chi connectivity index (χ1v) is 20.7. The van der Waals surface area contributed by atoms with Gasteiger partial charge >= 0.3 is 0 Å². The molecule has 12 aromatic carbocycles. The largest absolute Gasteiger partial charge is 0.310 e. The van der Waals surface area contributed by atoms with Crippen molar-refractivity contribution in [1.29, 1.82) is 0 Å². The molecule has 0 unspecified atom stereocenters. The number of anilines is 6. The van der Waals surface area contributed by atoms with Crippen LogP contribution in [0.3, 0.4) is 0 Å². The number of hydrogen-bond donors (Lipinski definition) is 0. The van der Waals surface area contributed by atoms with Gasteiger partial charge in [-0.05, 0) is 148 Å². The van der Waals surface area contributed by atoms with Crippen LogP contribution in [0.4, 0.5) is 34.1 Å². The van der Waals surface area contributed by atoms with Crippen LogP contribution in [0.25, 0.3) is 75.4 Å². The molecule has 280 valence electrons. The fourth-order valence-electron chi connectivity index (χ4n) is 9.37. The van der Waals surface area contributed by atoms with E-state index >= 15 is 0 Å². The number of nitrogens with zero attached hydrogens (tertiary/aromatic N) is 2. The molecule has 0 atom stereocenters. The molecule has 0 fully saturated rings. The first-order chi connectivity index (χ1) is 29.7. The number of hydrogen-bond acceptors (Lipinski definition) is 2. The molecule has 2 heteroatoms. The van der Waals surface area contributed by atoms with E-state index in [2.05, 4.69) is 240 Å². The first kappa shape index (κ1) is 34.1. The zero-order valence-electron chi connectivity index (χ0n) is 32.8. The highest BCUT2D eigenvalue weighted by molar-refractivity contribution is 6.26. The maximum absolute atomic E-state index is 2.41. The van der Waals surface area contributed by atoms with E-state index in [1.54, 1.807) is 0 Å². The van der Waals surface area contributed by atoms with Crippen LogP contribution in [0, 0.1) is 0 Å². The Bertz CT molecular complexity index is 3220. The molecule has 0 aliphatic rings. The Morgan fingerprint density at radius 3 is 0.717 bits per heavy atom. The van der Waals surface area contributed by atoms with E-state index in [1.165, 1.54) is 75.4 Å². The van der Waals surface area contributed by atoms with Crippen LogP contribution in [-0.2, 0) is 0 Å². The summed E-state index contributed by atoms with van der Waals surface area (Å²) in [6.07, 6.45) is 0. The number of rotatable bonds is 6. The van der Waals surface area contributed by atoms with Gasteiger partial charge in [0.15, 0.2) is 0 Å². The standard InChI is InChI=1S/C58H38N2/c1-5-15-43-33-47(25-21-39(43)11-1)59(48-26-22-40-12-2-6-16-44(40)34-48)51-29-31-55-56-32-30-52(38-58(56)54-20-10-9-19-53(54)57(55)37-51)60(49-27-23-41-13-3-7-17-45(41)35-49)50-28-24-42-14-4-8-18-46(42)36-50/h1-38H. The monoisotopic (exact) mass is 762 g/mol. The lowest BCUT2D eigenvalue weighted by Crippen LogP contribution is -2.10. The van der Waals surface area contributed by atoms with Crippen LogP contribution in [-0.4, -0.2) is 0 Å². The fourth-order valence-corrected chi connectivity index (χ4v) is 9.37. The molecule has 0 aliphatic heterocycles. The van der Waals surface area contributed by atoms with Gasteiger partial charge in [0.25, 0.3) is 0 Å². The van der Waals surface area contributed by atoms with Crippen molar-refractivity contribution >= 4 is 110 Å². The Kier molecular flexibility index (Phi) is 7.89. The third-order valence-electron chi connectivity index (χ3n) is 12.3. The highest BCUT2D eigenvalue weighted by atomic mass is 15.1. The van der Waals surface area contributed by atoms with Gasteiger partial charge in [-0.15, -0.1) is 0 Å². The summed E-state index contributed by atoms with van der Waals surface area (Å²) in [7, 11) is 0. The molecule has 0 radical (unpaired) electrons. The lowest BCUT2D eigenvalue weighted by Gasteiger charge is -2.28. The Labute approximate surface area is 348 Å². The van der Waals surface area contributed by atoms with E-state index in [9.17, 15) is 0 Å². The molecule has 0 amide bonds. The Balaban J connectivity index is 1.06. The summed E-state index contributed by atoms with van der Waals surface area (Å²) in [6, 6.07) is 84.6. The minimum absolute atomic E-state index is 1.12. The van der Waals surface area contributed by atoms with Gasteiger partial charge in [0, 0.05) is 34.1 Å². The van der Waals surface area contributed by atoms with Gasteiger partial charge in [-0.1, -0.05) is 158 Å². The molecule has 12 aromatic rings. The van der Waals surface area contributed by atoms with Gasteiger partial charge in [0.1, 0.15) is 0 Å². The molecule has 12 rings (SSSR count). The predicted molar refractivity (Wildman–Crippen MR) is 258 cm³/mol. The zero-order chi connectivity index (χ0) is 39.6. The summed E-state index contributed by atoms with van der Waals surface area (Å²) >= 11 is 0. The molecule has 0 aliphatic carbocycles. The smallest absolute Gasteiger partial charge is 0.0468 e. The van der Waals surface area contributed by atoms with Crippen LogP contribution in [0.2, 0.25) is 0 Å². The average Bonchev–Trinajstić information content (AvgIpc) is 3.31. The van der Waals surface area contributed by atoms with E-state index in [0.717, 1.165) is 34.1 Å². The van der Waals surface area contributed by atoms with Crippen molar-refractivity contribution in [2.45, 2.75) is 0 Å². The molecule has 0 saturated heterocycles. The Morgan fingerprint density at radius 1 is 0.167 bits per heavy atom. The normalized spacial score (nSPS) is 11.7. The molecular formula is C58H38N2. The first-order valence-electron chi connectivity index (χ1n) is 20.7. The second kappa shape index (κ2) is 13.9. The van der Waals surface area contributed by atoms with E-state index in [1.807, 2.05) is 0 Å². The maximum atomic E-state index is 2.41. The number of fused-ring (bicyclic) bond motifs is 10. The second-order valence-electron chi connectivity index (χ2n) is 15.8. The Morgan fingerprint density at radius 2 is 0.400 bits per heavy atom. The predicted octanol–water partition coefficient (Wildman–Crippen LogP) is 16.7. The van der Waals surface area contributed by atoms with Gasteiger partial charge in [-0.2, -0.15) is 0 Å². The molecule has 0 heterocycles. The third kappa shape index (κ3) is 5.73. The molecule has 0 spiro atoms. The van der Waals surface area contributed by atoms with Crippen molar-refractivity contribution in [2.24, 2.45) is 0 Å². The van der Waals surface area contributed by atoms with E-state index in [4.69, 9.17) is 0 Å². The average molecular weight is 763 g/mol. The van der Waals surface area contributed by atoms with Gasteiger partial charge in [0.05, 0.1) is 0 Å². The van der Waals surface area contributed by atoms with Gasteiger partial charge in [-0.25, -0.2) is 0 Å². The van der Waals surface area contributed by atoms with Crippen molar-refractivity contribution in [3.8, 4) is 0 Å². The van der Waals surface area contributed by atoms with Gasteiger partial charge in [-0.3, -0.25) is 0 Å². The molecular weight excluding hydrogens is 725 g/mol.